The average Bonchev–Trinajstić information content (AvgIpc) is 2.84. The molecule has 0 aliphatic carbocycles. The largest absolute Gasteiger partial charge is 0.444 e. The fourth-order valence-corrected chi connectivity index (χ4v) is 3.45. The third kappa shape index (κ3) is 2.48. The second-order valence-electron chi connectivity index (χ2n) is 6.64. The Morgan fingerprint density at radius 3 is 2.67 bits per heavy atom. The fraction of sp³-hybridized carbons (Fsp3) is 0.929. The topological polar surface area (TPSA) is 41.6 Å². The predicted molar refractivity (Wildman–Crippen MR) is 71.6 cm³/mol. The molecule has 0 bridgehead atoms. The molecule has 2 aliphatic rings. The number of carbonyl (C=O) groups excluding carboxylic acids is 1. The van der Waals surface area contributed by atoms with Crippen LogP contribution in [-0.2, 0) is 4.74 Å². The first-order valence-corrected chi connectivity index (χ1v) is 7.08. The van der Waals surface area contributed by atoms with Crippen LogP contribution >= 0.6 is 0 Å². The van der Waals surface area contributed by atoms with Crippen LogP contribution in [0.5, 0.6) is 0 Å². The lowest BCUT2D eigenvalue weighted by Crippen LogP contribution is -2.45. The molecule has 18 heavy (non-hydrogen) atoms. The summed E-state index contributed by atoms with van der Waals surface area (Å²) in [4.78, 5) is 14.2. The van der Waals surface area contributed by atoms with E-state index in [1.165, 1.54) is 6.42 Å². The second kappa shape index (κ2) is 4.72. The Labute approximate surface area is 110 Å². The third-order valence-corrected chi connectivity index (χ3v) is 4.23. The van der Waals surface area contributed by atoms with Crippen molar-refractivity contribution in [3.8, 4) is 0 Å². The lowest BCUT2D eigenvalue weighted by molar-refractivity contribution is 0.0166. The number of ether oxygens (including phenoxy) is 1. The van der Waals surface area contributed by atoms with E-state index in [-0.39, 0.29) is 6.09 Å². The first kappa shape index (κ1) is 13.7. The molecule has 1 spiro atoms. The molecule has 0 aromatic rings. The van der Waals surface area contributed by atoms with Crippen LogP contribution in [0.4, 0.5) is 4.79 Å². The molecular weight excluding hydrogens is 228 g/mol. The molecule has 2 fully saturated rings. The van der Waals surface area contributed by atoms with E-state index in [0.29, 0.717) is 11.5 Å². The normalized spacial score (nSPS) is 32.2. The SMILES string of the molecule is CCC1N(C(=O)OC(C)(C)C)CCC12CCNC2. The first-order valence-electron chi connectivity index (χ1n) is 7.08. The van der Waals surface area contributed by atoms with Gasteiger partial charge in [0.1, 0.15) is 5.60 Å². The molecule has 4 nitrogen and oxygen atoms in total. The summed E-state index contributed by atoms with van der Waals surface area (Å²) in [6.07, 6.45) is 3.17. The molecule has 2 aliphatic heterocycles. The molecule has 2 saturated heterocycles. The summed E-state index contributed by atoms with van der Waals surface area (Å²) in [6.45, 7) is 10.9. The average molecular weight is 254 g/mol. The summed E-state index contributed by atoms with van der Waals surface area (Å²) < 4.78 is 5.52. The van der Waals surface area contributed by atoms with Crippen molar-refractivity contribution in [2.75, 3.05) is 19.6 Å². The molecule has 0 aromatic carbocycles. The summed E-state index contributed by atoms with van der Waals surface area (Å²) in [5, 5.41) is 3.45. The standard InChI is InChI=1S/C14H26N2O2/c1-5-11-14(6-8-15-10-14)7-9-16(11)12(17)18-13(2,3)4/h11,15H,5-10H2,1-4H3. The molecule has 1 amide bonds. The van der Waals surface area contributed by atoms with Gasteiger partial charge >= 0.3 is 6.09 Å². The van der Waals surface area contributed by atoms with Crippen molar-refractivity contribution in [1.29, 1.82) is 0 Å². The van der Waals surface area contributed by atoms with E-state index in [1.807, 2.05) is 25.7 Å². The van der Waals surface area contributed by atoms with Crippen LogP contribution < -0.4 is 5.32 Å². The molecular formula is C14H26N2O2. The minimum atomic E-state index is -0.404. The highest BCUT2D eigenvalue weighted by atomic mass is 16.6. The second-order valence-corrected chi connectivity index (χ2v) is 6.64. The molecule has 0 radical (unpaired) electrons. The van der Waals surface area contributed by atoms with Crippen molar-refractivity contribution in [1.82, 2.24) is 10.2 Å². The minimum Gasteiger partial charge on any atom is -0.444 e. The van der Waals surface area contributed by atoms with E-state index in [9.17, 15) is 4.79 Å². The van der Waals surface area contributed by atoms with Gasteiger partial charge in [-0.25, -0.2) is 4.79 Å². The first-order chi connectivity index (χ1) is 8.38. The molecule has 2 rings (SSSR count). The number of nitrogens with one attached hydrogen (secondary N) is 1. The lowest BCUT2D eigenvalue weighted by Gasteiger charge is -2.34. The van der Waals surface area contributed by atoms with Crippen molar-refractivity contribution in [3.63, 3.8) is 0 Å². The maximum Gasteiger partial charge on any atom is 0.410 e. The van der Waals surface area contributed by atoms with E-state index in [4.69, 9.17) is 4.74 Å². The number of hydrogen-bond donors (Lipinski definition) is 1. The van der Waals surface area contributed by atoms with E-state index >= 15 is 0 Å². The number of amides is 1. The zero-order valence-electron chi connectivity index (χ0n) is 12.1. The Hall–Kier alpha value is -0.770. The maximum atomic E-state index is 12.3. The molecule has 2 unspecified atom stereocenters. The van der Waals surface area contributed by atoms with E-state index in [1.54, 1.807) is 0 Å². The Morgan fingerprint density at radius 2 is 2.17 bits per heavy atom. The summed E-state index contributed by atoms with van der Waals surface area (Å²) >= 11 is 0. The Kier molecular flexibility index (Phi) is 3.58. The van der Waals surface area contributed by atoms with Crippen LogP contribution in [0.25, 0.3) is 0 Å². The van der Waals surface area contributed by atoms with Crippen molar-refractivity contribution in [2.45, 2.75) is 58.6 Å². The van der Waals surface area contributed by atoms with Gasteiger partial charge in [0.2, 0.25) is 0 Å². The lowest BCUT2D eigenvalue weighted by atomic mass is 9.78. The Bertz CT molecular complexity index is 316. The van der Waals surface area contributed by atoms with Crippen LogP contribution in [0.3, 0.4) is 0 Å². The highest BCUT2D eigenvalue weighted by Gasteiger charge is 2.50. The predicted octanol–water partition coefficient (Wildman–Crippen LogP) is 2.39. The van der Waals surface area contributed by atoms with Crippen molar-refractivity contribution in [2.24, 2.45) is 5.41 Å². The maximum absolute atomic E-state index is 12.3. The summed E-state index contributed by atoms with van der Waals surface area (Å²) in [7, 11) is 0. The van der Waals surface area contributed by atoms with Crippen LogP contribution in [-0.4, -0.2) is 42.3 Å². The van der Waals surface area contributed by atoms with Gasteiger partial charge in [-0.2, -0.15) is 0 Å². The third-order valence-electron chi connectivity index (χ3n) is 4.23. The van der Waals surface area contributed by atoms with Gasteiger partial charge in [-0.15, -0.1) is 0 Å². The quantitative estimate of drug-likeness (QED) is 0.781. The number of likely N-dealkylation sites (tertiary alicyclic amines) is 1. The number of rotatable bonds is 1. The Balaban J connectivity index is 2.08. The van der Waals surface area contributed by atoms with Gasteiger partial charge in [0, 0.05) is 24.5 Å². The zero-order valence-corrected chi connectivity index (χ0v) is 12.1. The minimum absolute atomic E-state index is 0.141. The number of hydrogen-bond acceptors (Lipinski definition) is 3. The van der Waals surface area contributed by atoms with Gasteiger partial charge < -0.3 is 15.0 Å². The van der Waals surface area contributed by atoms with Gasteiger partial charge in [-0.3, -0.25) is 0 Å². The van der Waals surface area contributed by atoms with Gasteiger partial charge in [0.15, 0.2) is 0 Å². The van der Waals surface area contributed by atoms with Gasteiger partial charge in [0.25, 0.3) is 0 Å². The van der Waals surface area contributed by atoms with Crippen molar-refractivity contribution in [3.05, 3.63) is 0 Å². The molecule has 4 heteroatoms. The fourth-order valence-electron chi connectivity index (χ4n) is 3.45. The molecule has 2 atom stereocenters. The van der Waals surface area contributed by atoms with E-state index in [0.717, 1.165) is 32.5 Å². The molecule has 1 N–H and O–H groups in total. The zero-order chi connectivity index (χ0) is 13.4. The van der Waals surface area contributed by atoms with Crippen LogP contribution in [0.2, 0.25) is 0 Å². The van der Waals surface area contributed by atoms with E-state index < -0.39 is 5.60 Å². The molecule has 104 valence electrons. The smallest absolute Gasteiger partial charge is 0.410 e. The summed E-state index contributed by atoms with van der Waals surface area (Å²) in [5.74, 6) is 0. The van der Waals surface area contributed by atoms with Crippen LogP contribution in [0.15, 0.2) is 0 Å². The highest BCUT2D eigenvalue weighted by Crippen LogP contribution is 2.43. The van der Waals surface area contributed by atoms with Gasteiger partial charge in [-0.05, 0) is 46.6 Å². The monoisotopic (exact) mass is 254 g/mol. The molecule has 0 aromatic heterocycles. The van der Waals surface area contributed by atoms with E-state index in [2.05, 4.69) is 12.2 Å². The van der Waals surface area contributed by atoms with Crippen molar-refractivity contribution < 1.29 is 9.53 Å². The summed E-state index contributed by atoms with van der Waals surface area (Å²) in [5.41, 5.74) is -0.106. The highest BCUT2D eigenvalue weighted by molar-refractivity contribution is 5.69. The van der Waals surface area contributed by atoms with Gasteiger partial charge in [0.05, 0.1) is 0 Å². The number of nitrogens with zero attached hydrogens (tertiary/aromatic N) is 1. The number of carbonyl (C=O) groups is 1. The van der Waals surface area contributed by atoms with Gasteiger partial charge in [-0.1, -0.05) is 6.92 Å². The molecule has 0 saturated carbocycles. The van der Waals surface area contributed by atoms with Crippen molar-refractivity contribution >= 4 is 6.09 Å². The van der Waals surface area contributed by atoms with Crippen LogP contribution in [0.1, 0.15) is 47.0 Å². The Morgan fingerprint density at radius 1 is 1.44 bits per heavy atom. The summed E-state index contributed by atoms with van der Waals surface area (Å²) in [6, 6.07) is 0.336. The molecule has 2 heterocycles. The van der Waals surface area contributed by atoms with Crippen LogP contribution in [0, 0.1) is 5.41 Å².